The van der Waals surface area contributed by atoms with Crippen LogP contribution in [0.3, 0.4) is 0 Å². The molecule has 1 amide bonds. The van der Waals surface area contributed by atoms with Crippen molar-refractivity contribution in [2.75, 3.05) is 5.32 Å². The van der Waals surface area contributed by atoms with Gasteiger partial charge < -0.3 is 14.8 Å². The number of aromatic carboxylic acids is 1. The predicted molar refractivity (Wildman–Crippen MR) is 58.5 cm³/mol. The highest BCUT2D eigenvalue weighted by molar-refractivity contribution is 6.03. The van der Waals surface area contributed by atoms with Crippen LogP contribution in [0.15, 0.2) is 33.7 Å². The lowest BCUT2D eigenvalue weighted by atomic mass is 10.3. The van der Waals surface area contributed by atoms with Crippen LogP contribution in [0.2, 0.25) is 0 Å². The average molecular weight is 249 g/mol. The SMILES string of the molecule is O=C(Nc1cc(C(=O)O)[nH]n1)c1ccc(=O)oc1. The molecule has 0 radical (unpaired) electrons. The first-order chi connectivity index (χ1) is 8.56. The van der Waals surface area contributed by atoms with Crippen molar-refractivity contribution in [3.8, 4) is 0 Å². The van der Waals surface area contributed by atoms with E-state index in [-0.39, 0.29) is 17.1 Å². The third-order valence-electron chi connectivity index (χ3n) is 2.01. The molecule has 0 unspecified atom stereocenters. The summed E-state index contributed by atoms with van der Waals surface area (Å²) in [5.74, 6) is -1.69. The number of carbonyl (C=O) groups is 2. The molecular formula is C10H7N3O5. The van der Waals surface area contributed by atoms with Crippen molar-refractivity contribution in [2.45, 2.75) is 0 Å². The lowest BCUT2D eigenvalue weighted by Crippen LogP contribution is -2.13. The summed E-state index contributed by atoms with van der Waals surface area (Å²) in [5.41, 5.74) is -0.598. The molecule has 92 valence electrons. The standard InChI is InChI=1S/C10H7N3O5/c14-8-2-1-5(4-18-8)9(15)11-7-3-6(10(16)17)12-13-7/h1-4H,(H,16,17)(H2,11,12,13,15). The van der Waals surface area contributed by atoms with E-state index in [0.717, 1.165) is 12.3 Å². The first-order valence-electron chi connectivity index (χ1n) is 4.75. The van der Waals surface area contributed by atoms with Gasteiger partial charge in [-0.2, -0.15) is 5.10 Å². The number of nitrogens with zero attached hydrogens (tertiary/aromatic N) is 1. The monoisotopic (exact) mass is 249 g/mol. The van der Waals surface area contributed by atoms with Crippen molar-refractivity contribution in [1.82, 2.24) is 10.2 Å². The topological polar surface area (TPSA) is 125 Å². The van der Waals surface area contributed by atoms with E-state index in [0.29, 0.717) is 0 Å². The number of carboxylic acids is 1. The zero-order valence-electron chi connectivity index (χ0n) is 8.84. The van der Waals surface area contributed by atoms with Crippen LogP contribution in [0.5, 0.6) is 0 Å². The summed E-state index contributed by atoms with van der Waals surface area (Å²) >= 11 is 0. The Morgan fingerprint density at radius 3 is 2.72 bits per heavy atom. The van der Waals surface area contributed by atoms with Crippen LogP contribution < -0.4 is 10.9 Å². The average Bonchev–Trinajstić information content (AvgIpc) is 2.78. The highest BCUT2D eigenvalue weighted by Gasteiger charge is 2.11. The fraction of sp³-hybridized carbons (Fsp3) is 0. The van der Waals surface area contributed by atoms with Crippen molar-refractivity contribution in [1.29, 1.82) is 0 Å². The Morgan fingerprint density at radius 2 is 2.17 bits per heavy atom. The second-order valence-electron chi connectivity index (χ2n) is 3.27. The van der Waals surface area contributed by atoms with Crippen LogP contribution in [-0.4, -0.2) is 27.2 Å². The molecule has 0 spiro atoms. The maximum Gasteiger partial charge on any atom is 0.353 e. The fourth-order valence-electron chi connectivity index (χ4n) is 1.17. The van der Waals surface area contributed by atoms with E-state index in [4.69, 9.17) is 5.11 Å². The van der Waals surface area contributed by atoms with Crippen molar-refractivity contribution >= 4 is 17.7 Å². The molecule has 2 aromatic heterocycles. The second-order valence-corrected chi connectivity index (χ2v) is 3.27. The number of aromatic amines is 1. The Labute approximate surface area is 99.2 Å². The number of carbonyl (C=O) groups excluding carboxylic acids is 1. The molecule has 8 heteroatoms. The van der Waals surface area contributed by atoms with Crippen molar-refractivity contribution in [2.24, 2.45) is 0 Å². The predicted octanol–water partition coefficient (Wildman–Crippen LogP) is 0.313. The zero-order valence-corrected chi connectivity index (χ0v) is 8.84. The second kappa shape index (κ2) is 4.53. The number of hydrogen-bond donors (Lipinski definition) is 3. The third-order valence-corrected chi connectivity index (χ3v) is 2.01. The number of hydrogen-bond acceptors (Lipinski definition) is 5. The van der Waals surface area contributed by atoms with Gasteiger partial charge in [-0.1, -0.05) is 0 Å². The van der Waals surface area contributed by atoms with E-state index in [1.165, 1.54) is 12.1 Å². The van der Waals surface area contributed by atoms with Gasteiger partial charge in [-0.05, 0) is 6.07 Å². The molecule has 2 aromatic rings. The molecule has 0 saturated heterocycles. The minimum atomic E-state index is -1.19. The summed E-state index contributed by atoms with van der Waals surface area (Å²) in [5, 5.41) is 16.8. The maximum atomic E-state index is 11.6. The third kappa shape index (κ3) is 2.43. The molecule has 0 aliphatic carbocycles. The maximum absolute atomic E-state index is 11.6. The number of rotatable bonds is 3. The number of nitrogens with one attached hydrogen (secondary N) is 2. The number of anilines is 1. The highest BCUT2D eigenvalue weighted by atomic mass is 16.4. The Balaban J connectivity index is 2.13. The minimum Gasteiger partial charge on any atom is -0.477 e. The normalized spacial score (nSPS) is 10.0. The van der Waals surface area contributed by atoms with Crippen LogP contribution in [0.1, 0.15) is 20.8 Å². The molecule has 8 nitrogen and oxygen atoms in total. The molecule has 0 saturated carbocycles. The minimum absolute atomic E-state index is 0.0589. The van der Waals surface area contributed by atoms with E-state index < -0.39 is 17.5 Å². The summed E-state index contributed by atoms with van der Waals surface area (Å²) < 4.78 is 4.52. The zero-order chi connectivity index (χ0) is 13.1. The van der Waals surface area contributed by atoms with Gasteiger partial charge in [0.25, 0.3) is 5.91 Å². The van der Waals surface area contributed by atoms with E-state index in [1.54, 1.807) is 0 Å². The van der Waals surface area contributed by atoms with Crippen LogP contribution >= 0.6 is 0 Å². The summed E-state index contributed by atoms with van der Waals surface area (Å²) in [6.45, 7) is 0. The van der Waals surface area contributed by atoms with Crippen molar-refractivity contribution < 1.29 is 19.1 Å². The number of aromatic nitrogens is 2. The quantitative estimate of drug-likeness (QED) is 0.718. The molecule has 2 rings (SSSR count). The molecule has 18 heavy (non-hydrogen) atoms. The Morgan fingerprint density at radius 1 is 1.39 bits per heavy atom. The molecule has 0 aliphatic heterocycles. The lowest BCUT2D eigenvalue weighted by Gasteiger charge is -1.99. The summed E-state index contributed by atoms with van der Waals surface area (Å²) in [4.78, 5) is 32.9. The summed E-state index contributed by atoms with van der Waals surface area (Å²) in [7, 11) is 0. The lowest BCUT2D eigenvalue weighted by molar-refractivity contribution is 0.0690. The number of amides is 1. The van der Waals surface area contributed by atoms with Gasteiger partial charge in [0.1, 0.15) is 12.0 Å². The summed E-state index contributed by atoms with van der Waals surface area (Å²) in [6, 6.07) is 3.55. The van der Waals surface area contributed by atoms with E-state index in [1.807, 2.05) is 0 Å². The number of carboxylic acid groups (broad SMARTS) is 1. The molecule has 2 heterocycles. The Hall–Kier alpha value is -2.90. The fourth-order valence-corrected chi connectivity index (χ4v) is 1.17. The smallest absolute Gasteiger partial charge is 0.353 e. The van der Waals surface area contributed by atoms with Gasteiger partial charge in [0.2, 0.25) is 0 Å². The van der Waals surface area contributed by atoms with Gasteiger partial charge >= 0.3 is 11.6 Å². The van der Waals surface area contributed by atoms with Gasteiger partial charge in [-0.15, -0.1) is 0 Å². The molecular weight excluding hydrogens is 242 g/mol. The van der Waals surface area contributed by atoms with Gasteiger partial charge in [0.15, 0.2) is 5.82 Å². The first kappa shape index (κ1) is 11.6. The van der Waals surface area contributed by atoms with Crippen LogP contribution in [-0.2, 0) is 0 Å². The molecule has 0 bridgehead atoms. The largest absolute Gasteiger partial charge is 0.477 e. The van der Waals surface area contributed by atoms with Crippen molar-refractivity contribution in [3.05, 3.63) is 46.1 Å². The van der Waals surface area contributed by atoms with Gasteiger partial charge in [0, 0.05) is 12.1 Å². The van der Waals surface area contributed by atoms with Crippen LogP contribution in [0, 0.1) is 0 Å². The Kier molecular flexibility index (Phi) is 2.92. The van der Waals surface area contributed by atoms with Gasteiger partial charge in [-0.25, -0.2) is 9.59 Å². The van der Waals surface area contributed by atoms with E-state index in [9.17, 15) is 14.4 Å². The van der Waals surface area contributed by atoms with Gasteiger partial charge in [-0.3, -0.25) is 9.89 Å². The van der Waals surface area contributed by atoms with Gasteiger partial charge in [0.05, 0.1) is 5.56 Å². The molecule has 0 aromatic carbocycles. The van der Waals surface area contributed by atoms with E-state index >= 15 is 0 Å². The van der Waals surface area contributed by atoms with Crippen molar-refractivity contribution in [3.63, 3.8) is 0 Å². The first-order valence-corrected chi connectivity index (χ1v) is 4.75. The highest BCUT2D eigenvalue weighted by Crippen LogP contribution is 2.07. The number of H-pyrrole nitrogens is 1. The Bertz CT molecular complexity index is 637. The molecule has 0 aliphatic rings. The molecule has 3 N–H and O–H groups in total. The summed E-state index contributed by atoms with van der Waals surface area (Å²) in [6.07, 6.45) is 1.00. The van der Waals surface area contributed by atoms with E-state index in [2.05, 4.69) is 19.9 Å². The molecule has 0 atom stereocenters. The van der Waals surface area contributed by atoms with Crippen LogP contribution in [0.25, 0.3) is 0 Å². The molecule has 0 fully saturated rings. The van der Waals surface area contributed by atoms with Crippen LogP contribution in [0.4, 0.5) is 5.82 Å².